The van der Waals surface area contributed by atoms with Crippen molar-refractivity contribution in [3.63, 3.8) is 0 Å². The Morgan fingerprint density at radius 1 is 1.08 bits per heavy atom. The number of carbonyl (C=O) groups excluding carboxylic acids is 2. The predicted molar refractivity (Wildman–Crippen MR) is 105 cm³/mol. The Kier molecular flexibility index (Phi) is 6.97. The van der Waals surface area contributed by atoms with Gasteiger partial charge in [0.2, 0.25) is 0 Å². The first-order valence-corrected chi connectivity index (χ1v) is 8.56. The highest BCUT2D eigenvalue weighted by Gasteiger charge is 2.31. The van der Waals surface area contributed by atoms with Crippen LogP contribution >= 0.6 is 12.2 Å². The van der Waals surface area contributed by atoms with Crippen LogP contribution in [0.4, 0.5) is 15.3 Å². The van der Waals surface area contributed by atoms with Gasteiger partial charge in [-0.25, -0.2) is 14.5 Å². The highest BCUT2D eigenvalue weighted by atomic mass is 32.1. The van der Waals surface area contributed by atoms with Gasteiger partial charge in [-0.15, -0.1) is 0 Å². The molecule has 0 spiro atoms. The number of amides is 2. The van der Waals surface area contributed by atoms with Crippen molar-refractivity contribution in [2.24, 2.45) is 5.73 Å². The molecule has 0 saturated heterocycles. The molecule has 2 amide bonds. The van der Waals surface area contributed by atoms with E-state index in [4.69, 9.17) is 27.4 Å². The maximum atomic E-state index is 12.5. The van der Waals surface area contributed by atoms with Crippen LogP contribution in [0.1, 0.15) is 47.1 Å². The summed E-state index contributed by atoms with van der Waals surface area (Å²) in [4.78, 5) is 25.9. The largest absolute Gasteiger partial charge is 0.443 e. The van der Waals surface area contributed by atoms with E-state index in [1.54, 1.807) is 65.8 Å². The first-order valence-electron chi connectivity index (χ1n) is 8.16. The summed E-state index contributed by atoms with van der Waals surface area (Å²) in [7, 11) is 0. The normalized spacial score (nSPS) is 11.5. The number of thiocarbonyl (C=S) groups is 1. The number of benzene rings is 1. The minimum absolute atomic E-state index is 0.0172. The average Bonchev–Trinajstić information content (AvgIpc) is 2.40. The van der Waals surface area contributed by atoms with E-state index in [1.165, 1.54) is 0 Å². The molecule has 1 rings (SSSR count). The molecule has 26 heavy (non-hydrogen) atoms. The van der Waals surface area contributed by atoms with Gasteiger partial charge in [0.05, 0.1) is 6.54 Å². The number of carbonyl (C=O) groups is 2. The third kappa shape index (κ3) is 8.15. The maximum absolute atomic E-state index is 12.5. The zero-order chi connectivity index (χ0) is 20.1. The summed E-state index contributed by atoms with van der Waals surface area (Å²) < 4.78 is 10.7. The molecule has 0 unspecified atom stereocenters. The van der Waals surface area contributed by atoms with Gasteiger partial charge in [-0.2, -0.15) is 0 Å². The summed E-state index contributed by atoms with van der Waals surface area (Å²) in [6, 6.07) is 7.04. The number of ether oxygens (including phenoxy) is 2. The Balaban J connectivity index is 3.06. The minimum atomic E-state index is -0.778. The third-order valence-electron chi connectivity index (χ3n) is 2.76. The van der Waals surface area contributed by atoms with Gasteiger partial charge in [-0.3, -0.25) is 0 Å². The molecule has 0 aliphatic rings. The smallest absolute Gasteiger partial charge is 0.420 e. The van der Waals surface area contributed by atoms with Gasteiger partial charge in [0, 0.05) is 5.69 Å². The molecule has 1 aromatic rings. The molecule has 0 fully saturated rings. The van der Waals surface area contributed by atoms with Crippen molar-refractivity contribution in [2.45, 2.75) is 59.3 Å². The van der Waals surface area contributed by atoms with E-state index in [9.17, 15) is 9.59 Å². The fourth-order valence-electron chi connectivity index (χ4n) is 1.91. The molecule has 144 valence electrons. The second-order valence-electron chi connectivity index (χ2n) is 7.74. The number of nitrogens with one attached hydrogen (secondary N) is 1. The van der Waals surface area contributed by atoms with Crippen molar-refractivity contribution >= 4 is 35.2 Å². The topological polar surface area (TPSA) is 93.9 Å². The molecule has 1 aromatic carbocycles. The molecule has 0 aliphatic heterocycles. The molecule has 0 aliphatic carbocycles. The van der Waals surface area contributed by atoms with Crippen LogP contribution in [0.15, 0.2) is 24.3 Å². The summed E-state index contributed by atoms with van der Waals surface area (Å²) in [5.41, 5.74) is 5.32. The van der Waals surface area contributed by atoms with Crippen molar-refractivity contribution in [3.05, 3.63) is 29.8 Å². The Bertz CT molecular complexity index is 650. The predicted octanol–water partition coefficient (Wildman–Crippen LogP) is 4.01. The van der Waals surface area contributed by atoms with E-state index in [2.05, 4.69) is 5.32 Å². The summed E-state index contributed by atoms with van der Waals surface area (Å²) in [5, 5.41) is 2.94. The van der Waals surface area contributed by atoms with E-state index in [-0.39, 0.29) is 11.7 Å². The quantitative estimate of drug-likeness (QED) is 0.764. The van der Waals surface area contributed by atoms with Gasteiger partial charge in [-0.05, 0) is 71.5 Å². The lowest BCUT2D eigenvalue weighted by molar-refractivity contribution is -0.000245. The lowest BCUT2D eigenvalue weighted by Crippen LogP contribution is -2.43. The number of rotatable bonds is 3. The molecule has 0 bridgehead atoms. The first kappa shape index (κ1) is 21.7. The summed E-state index contributed by atoms with van der Waals surface area (Å²) >= 11 is 4.82. The van der Waals surface area contributed by atoms with Gasteiger partial charge in [0.1, 0.15) is 11.2 Å². The highest BCUT2D eigenvalue weighted by molar-refractivity contribution is 7.80. The molecule has 0 saturated carbocycles. The van der Waals surface area contributed by atoms with Crippen LogP contribution in [0.3, 0.4) is 0 Å². The molecular weight excluding hydrogens is 354 g/mol. The number of nitrogens with zero attached hydrogens (tertiary/aromatic N) is 1. The van der Waals surface area contributed by atoms with E-state index in [1.807, 2.05) is 0 Å². The summed E-state index contributed by atoms with van der Waals surface area (Å²) in [6.07, 6.45) is -1.56. The number of nitrogens with two attached hydrogens (primary N) is 1. The van der Waals surface area contributed by atoms with Crippen LogP contribution in [0.5, 0.6) is 0 Å². The standard InChI is InChI=1S/C18H27N3O4S/c1-17(2,3)24-15(22)21(16(23)25-18(4,5)6)11-12-8-7-9-13(10-12)20-14(19)26/h7-10H,11H2,1-6H3,(H3,19,20,26). The van der Waals surface area contributed by atoms with Gasteiger partial charge >= 0.3 is 12.2 Å². The molecule has 0 atom stereocenters. The fraction of sp³-hybridized carbons (Fsp3) is 0.500. The van der Waals surface area contributed by atoms with Gasteiger partial charge in [0.25, 0.3) is 0 Å². The lowest BCUT2D eigenvalue weighted by Gasteiger charge is -2.28. The van der Waals surface area contributed by atoms with Crippen molar-refractivity contribution in [3.8, 4) is 0 Å². The monoisotopic (exact) mass is 381 g/mol. The maximum Gasteiger partial charge on any atom is 0.420 e. The molecule has 7 nitrogen and oxygen atoms in total. The Morgan fingerprint density at radius 2 is 1.58 bits per heavy atom. The van der Waals surface area contributed by atoms with Crippen LogP contribution in [0.25, 0.3) is 0 Å². The third-order valence-corrected chi connectivity index (χ3v) is 2.87. The van der Waals surface area contributed by atoms with Crippen LogP contribution in [0.2, 0.25) is 0 Å². The Hall–Kier alpha value is -2.35. The lowest BCUT2D eigenvalue weighted by atomic mass is 10.2. The number of imide groups is 1. The van der Waals surface area contributed by atoms with Gasteiger partial charge in [-0.1, -0.05) is 12.1 Å². The summed E-state index contributed by atoms with van der Waals surface area (Å²) in [5.74, 6) is 0. The van der Waals surface area contributed by atoms with Crippen molar-refractivity contribution in [1.29, 1.82) is 0 Å². The molecular formula is C18H27N3O4S. The fourth-order valence-corrected chi connectivity index (χ4v) is 2.03. The molecule has 0 aromatic heterocycles. The Labute approximate surface area is 159 Å². The number of hydrogen-bond acceptors (Lipinski definition) is 5. The SMILES string of the molecule is CC(C)(C)OC(=O)N(Cc1cccc(NC(N)=S)c1)C(=O)OC(C)(C)C. The molecule has 3 N–H and O–H groups in total. The van der Waals surface area contributed by atoms with E-state index < -0.39 is 23.4 Å². The van der Waals surface area contributed by atoms with Crippen molar-refractivity contribution < 1.29 is 19.1 Å². The molecule has 0 radical (unpaired) electrons. The van der Waals surface area contributed by atoms with Crippen LogP contribution in [-0.4, -0.2) is 33.4 Å². The zero-order valence-electron chi connectivity index (χ0n) is 16.1. The number of anilines is 1. The molecule has 0 heterocycles. The van der Waals surface area contributed by atoms with Crippen LogP contribution in [-0.2, 0) is 16.0 Å². The van der Waals surface area contributed by atoms with E-state index in [0.717, 1.165) is 4.90 Å². The van der Waals surface area contributed by atoms with E-state index >= 15 is 0 Å². The Morgan fingerprint density at radius 3 is 2.00 bits per heavy atom. The van der Waals surface area contributed by atoms with Crippen molar-refractivity contribution in [1.82, 2.24) is 4.90 Å². The van der Waals surface area contributed by atoms with Crippen LogP contribution < -0.4 is 11.1 Å². The van der Waals surface area contributed by atoms with E-state index in [0.29, 0.717) is 11.3 Å². The highest BCUT2D eigenvalue weighted by Crippen LogP contribution is 2.18. The first-order chi connectivity index (χ1) is 11.8. The minimum Gasteiger partial charge on any atom is -0.443 e. The molecule has 8 heteroatoms. The van der Waals surface area contributed by atoms with Gasteiger partial charge in [0.15, 0.2) is 5.11 Å². The van der Waals surface area contributed by atoms with Gasteiger partial charge < -0.3 is 20.5 Å². The number of hydrogen-bond donors (Lipinski definition) is 2. The summed E-state index contributed by atoms with van der Waals surface area (Å²) in [6.45, 7) is 10.3. The second kappa shape index (κ2) is 8.35. The van der Waals surface area contributed by atoms with Crippen molar-refractivity contribution in [2.75, 3.05) is 5.32 Å². The van der Waals surface area contributed by atoms with Crippen LogP contribution in [0, 0.1) is 0 Å². The second-order valence-corrected chi connectivity index (χ2v) is 8.18. The average molecular weight is 381 g/mol. The zero-order valence-corrected chi connectivity index (χ0v) is 16.9.